The summed E-state index contributed by atoms with van der Waals surface area (Å²) in [6.45, 7) is 0. The molecule has 0 fully saturated rings. The van der Waals surface area contributed by atoms with Crippen LogP contribution in [-0.2, 0) is 5.88 Å². The van der Waals surface area contributed by atoms with Crippen LogP contribution in [0.15, 0.2) is 12.1 Å². The highest BCUT2D eigenvalue weighted by molar-refractivity contribution is 6.17. The third-order valence-electron chi connectivity index (χ3n) is 1.54. The quantitative estimate of drug-likeness (QED) is 0.449. The average molecular weight is 223 g/mol. The molecule has 0 bridgehead atoms. The first-order chi connectivity index (χ1) is 6.56. The van der Waals surface area contributed by atoms with E-state index >= 15 is 0 Å². The molecule has 0 aliphatic heterocycles. The summed E-state index contributed by atoms with van der Waals surface area (Å²) in [5, 5.41) is 10.3. The number of rotatable bonds is 3. The normalized spacial score (nSPS) is 10.6. The molecule has 1 heterocycles. The van der Waals surface area contributed by atoms with E-state index in [-0.39, 0.29) is 17.1 Å². The highest BCUT2D eigenvalue weighted by Gasteiger charge is 2.20. The highest BCUT2D eigenvalue weighted by atomic mass is 35.5. The molecule has 0 amide bonds. The number of nitro groups is 1. The van der Waals surface area contributed by atoms with Gasteiger partial charge in [-0.15, -0.1) is 11.6 Å². The standard InChI is InChI=1S/C7H5ClF2N2O2/c8-3-5-4(7(9)10)1-2-6(11-5)12(13)14/h1-2,7H,3H2. The van der Waals surface area contributed by atoms with Gasteiger partial charge in [-0.1, -0.05) is 0 Å². The smallest absolute Gasteiger partial charge is 0.358 e. The van der Waals surface area contributed by atoms with Gasteiger partial charge in [0.25, 0.3) is 6.43 Å². The van der Waals surface area contributed by atoms with E-state index in [4.69, 9.17) is 11.6 Å². The molecule has 0 radical (unpaired) electrons. The average Bonchev–Trinajstić information content (AvgIpc) is 2.16. The molecule has 0 spiro atoms. The Balaban J connectivity index is 3.18. The maximum Gasteiger partial charge on any atom is 0.363 e. The molecular weight excluding hydrogens is 218 g/mol. The Bertz CT molecular complexity index is 360. The van der Waals surface area contributed by atoms with E-state index in [1.807, 2.05) is 0 Å². The fourth-order valence-corrected chi connectivity index (χ4v) is 1.12. The molecule has 0 aromatic carbocycles. The lowest BCUT2D eigenvalue weighted by Crippen LogP contribution is -2.00. The molecule has 4 nitrogen and oxygen atoms in total. The van der Waals surface area contributed by atoms with E-state index in [0.29, 0.717) is 0 Å². The summed E-state index contributed by atoms with van der Waals surface area (Å²) in [6.07, 6.45) is -2.72. The van der Waals surface area contributed by atoms with Crippen molar-refractivity contribution in [3.63, 3.8) is 0 Å². The van der Waals surface area contributed by atoms with Gasteiger partial charge < -0.3 is 10.1 Å². The monoisotopic (exact) mass is 222 g/mol. The van der Waals surface area contributed by atoms with Crippen LogP contribution in [0.3, 0.4) is 0 Å². The number of aromatic nitrogens is 1. The van der Waals surface area contributed by atoms with Crippen LogP contribution in [0.4, 0.5) is 14.6 Å². The number of hydrogen-bond donors (Lipinski definition) is 0. The van der Waals surface area contributed by atoms with Crippen molar-refractivity contribution < 1.29 is 13.7 Å². The van der Waals surface area contributed by atoms with E-state index in [0.717, 1.165) is 12.1 Å². The second-order valence-electron chi connectivity index (χ2n) is 2.40. The number of hydrogen-bond acceptors (Lipinski definition) is 3. The van der Waals surface area contributed by atoms with Gasteiger partial charge in [0, 0.05) is 6.07 Å². The number of pyridine rings is 1. The van der Waals surface area contributed by atoms with Gasteiger partial charge in [-0.25, -0.2) is 8.78 Å². The lowest BCUT2D eigenvalue weighted by molar-refractivity contribution is -0.389. The zero-order valence-corrected chi connectivity index (χ0v) is 7.54. The van der Waals surface area contributed by atoms with Crippen LogP contribution in [0.2, 0.25) is 0 Å². The molecule has 0 atom stereocenters. The minimum Gasteiger partial charge on any atom is -0.358 e. The first-order valence-corrected chi connectivity index (χ1v) is 4.08. The fraction of sp³-hybridized carbons (Fsp3) is 0.286. The van der Waals surface area contributed by atoms with Crippen molar-refractivity contribution in [1.82, 2.24) is 4.98 Å². The molecule has 0 N–H and O–H groups in total. The van der Waals surface area contributed by atoms with E-state index in [1.54, 1.807) is 0 Å². The molecule has 1 aromatic heterocycles. The van der Waals surface area contributed by atoms with Gasteiger partial charge in [0.05, 0.1) is 11.4 Å². The van der Waals surface area contributed by atoms with E-state index < -0.39 is 17.2 Å². The van der Waals surface area contributed by atoms with Crippen LogP contribution in [-0.4, -0.2) is 9.91 Å². The fourth-order valence-electron chi connectivity index (χ4n) is 0.908. The first kappa shape index (κ1) is 10.8. The largest absolute Gasteiger partial charge is 0.363 e. The van der Waals surface area contributed by atoms with Crippen molar-refractivity contribution in [3.8, 4) is 0 Å². The van der Waals surface area contributed by atoms with Gasteiger partial charge in [0.15, 0.2) is 5.69 Å². The summed E-state index contributed by atoms with van der Waals surface area (Å²) < 4.78 is 24.6. The number of halogens is 3. The van der Waals surface area contributed by atoms with Crippen LogP contribution < -0.4 is 0 Å². The van der Waals surface area contributed by atoms with Crippen LogP contribution in [0.25, 0.3) is 0 Å². The molecular formula is C7H5ClF2N2O2. The molecule has 0 saturated heterocycles. The molecule has 0 aliphatic carbocycles. The summed E-state index contributed by atoms with van der Waals surface area (Å²) in [7, 11) is 0. The van der Waals surface area contributed by atoms with E-state index in [2.05, 4.69) is 4.98 Å². The Morgan fingerprint density at radius 3 is 2.64 bits per heavy atom. The molecule has 7 heteroatoms. The Kier molecular flexibility index (Phi) is 3.29. The predicted octanol–water partition coefficient (Wildman–Crippen LogP) is 2.67. The van der Waals surface area contributed by atoms with Gasteiger partial charge in [-0.3, -0.25) is 0 Å². The van der Waals surface area contributed by atoms with Crippen molar-refractivity contribution in [3.05, 3.63) is 33.5 Å². The molecule has 0 saturated carbocycles. The molecule has 76 valence electrons. The summed E-state index contributed by atoms with van der Waals surface area (Å²) in [6, 6.07) is 1.89. The molecule has 1 rings (SSSR count). The maximum absolute atomic E-state index is 12.3. The SMILES string of the molecule is O=[N+]([O-])c1ccc(C(F)F)c(CCl)n1. The first-order valence-electron chi connectivity index (χ1n) is 3.54. The molecule has 0 unspecified atom stereocenters. The lowest BCUT2D eigenvalue weighted by Gasteiger charge is -2.00. The van der Waals surface area contributed by atoms with E-state index in [9.17, 15) is 18.9 Å². The predicted molar refractivity (Wildman–Crippen MR) is 45.4 cm³/mol. The summed E-state index contributed by atoms with van der Waals surface area (Å²) in [5.41, 5.74) is -0.526. The third kappa shape index (κ3) is 2.14. The molecule has 1 aromatic rings. The van der Waals surface area contributed by atoms with Gasteiger partial charge in [-0.05, 0) is 16.0 Å². The Morgan fingerprint density at radius 2 is 2.21 bits per heavy atom. The van der Waals surface area contributed by atoms with Crippen LogP contribution >= 0.6 is 11.6 Å². The summed E-state index contributed by atoms with van der Waals surface area (Å²) in [4.78, 5) is 12.9. The van der Waals surface area contributed by atoms with Crippen molar-refractivity contribution in [1.29, 1.82) is 0 Å². The molecule has 0 aliphatic rings. The zero-order valence-electron chi connectivity index (χ0n) is 6.78. The highest BCUT2D eigenvalue weighted by Crippen LogP contribution is 2.24. The van der Waals surface area contributed by atoms with Crippen molar-refractivity contribution in [2.75, 3.05) is 0 Å². The van der Waals surface area contributed by atoms with Gasteiger partial charge >= 0.3 is 5.82 Å². The summed E-state index contributed by atoms with van der Waals surface area (Å²) >= 11 is 5.33. The van der Waals surface area contributed by atoms with E-state index in [1.165, 1.54) is 0 Å². The number of alkyl halides is 3. The second kappa shape index (κ2) is 4.28. The zero-order chi connectivity index (χ0) is 10.7. The third-order valence-corrected chi connectivity index (χ3v) is 1.80. The van der Waals surface area contributed by atoms with Crippen LogP contribution in [0, 0.1) is 10.1 Å². The van der Waals surface area contributed by atoms with Gasteiger partial charge in [0.1, 0.15) is 0 Å². The van der Waals surface area contributed by atoms with Gasteiger partial charge in [-0.2, -0.15) is 0 Å². The minimum atomic E-state index is -2.72. The second-order valence-corrected chi connectivity index (χ2v) is 2.66. The van der Waals surface area contributed by atoms with Crippen molar-refractivity contribution in [2.45, 2.75) is 12.3 Å². The Morgan fingerprint density at radius 1 is 1.57 bits per heavy atom. The molecule has 14 heavy (non-hydrogen) atoms. The van der Waals surface area contributed by atoms with Gasteiger partial charge in [0.2, 0.25) is 0 Å². The Hall–Kier alpha value is -1.30. The maximum atomic E-state index is 12.3. The Labute approximate surface area is 82.7 Å². The van der Waals surface area contributed by atoms with Crippen molar-refractivity contribution >= 4 is 17.4 Å². The minimum absolute atomic E-state index is 0.157. The lowest BCUT2D eigenvalue weighted by atomic mass is 10.2. The summed E-state index contributed by atoms with van der Waals surface area (Å²) in [5.74, 6) is -0.758. The van der Waals surface area contributed by atoms with Crippen LogP contribution in [0.1, 0.15) is 17.7 Å². The topological polar surface area (TPSA) is 56.0 Å². The van der Waals surface area contributed by atoms with Crippen LogP contribution in [0.5, 0.6) is 0 Å². The number of nitrogens with zero attached hydrogens (tertiary/aromatic N) is 2. The van der Waals surface area contributed by atoms with Crippen molar-refractivity contribution in [2.24, 2.45) is 0 Å².